The number of nitrogens with zero attached hydrogens (tertiary/aromatic N) is 2. The van der Waals surface area contributed by atoms with Crippen LogP contribution < -0.4 is 16.0 Å². The number of anilines is 1. The molecular formula is C14H17N5O3S2. The SMILES string of the molecule is CSCC(NC(=S)Nc1ccc([N+](=O)[O-])cc1)C(=O)NCCC#N. The predicted octanol–water partition coefficient (Wildman–Crippen LogP) is 1.64. The third-order valence-corrected chi connectivity index (χ3v) is 3.71. The lowest BCUT2D eigenvalue weighted by atomic mass is 10.3. The summed E-state index contributed by atoms with van der Waals surface area (Å²) in [6.45, 7) is 0.282. The average molecular weight is 367 g/mol. The minimum atomic E-state index is -0.545. The molecule has 0 spiro atoms. The van der Waals surface area contributed by atoms with Crippen LogP contribution in [0.5, 0.6) is 0 Å². The molecule has 0 aliphatic carbocycles. The van der Waals surface area contributed by atoms with Crippen molar-refractivity contribution in [2.75, 3.05) is 23.9 Å². The van der Waals surface area contributed by atoms with Gasteiger partial charge in [-0.3, -0.25) is 14.9 Å². The number of thiocarbonyl (C=S) groups is 1. The van der Waals surface area contributed by atoms with Crippen molar-refractivity contribution in [1.29, 1.82) is 5.26 Å². The van der Waals surface area contributed by atoms with Crippen LogP contribution in [0.4, 0.5) is 11.4 Å². The number of carbonyl (C=O) groups is 1. The number of nitrogens with one attached hydrogen (secondary N) is 3. The van der Waals surface area contributed by atoms with E-state index < -0.39 is 11.0 Å². The summed E-state index contributed by atoms with van der Waals surface area (Å²) < 4.78 is 0. The highest BCUT2D eigenvalue weighted by atomic mass is 32.2. The first-order valence-corrected chi connectivity index (χ1v) is 8.73. The largest absolute Gasteiger partial charge is 0.353 e. The monoisotopic (exact) mass is 367 g/mol. The molecule has 3 N–H and O–H groups in total. The Morgan fingerprint density at radius 3 is 2.67 bits per heavy atom. The van der Waals surface area contributed by atoms with Gasteiger partial charge in [0.25, 0.3) is 5.69 Å². The van der Waals surface area contributed by atoms with Crippen molar-refractivity contribution >= 4 is 46.4 Å². The Balaban J connectivity index is 2.59. The Labute approximate surface area is 149 Å². The fourth-order valence-electron chi connectivity index (χ4n) is 1.71. The molecule has 0 aliphatic rings. The van der Waals surface area contributed by atoms with Gasteiger partial charge in [-0.1, -0.05) is 0 Å². The fourth-order valence-corrected chi connectivity index (χ4v) is 2.53. The molecule has 0 fully saturated rings. The van der Waals surface area contributed by atoms with E-state index in [1.165, 1.54) is 36.0 Å². The molecule has 0 saturated carbocycles. The highest BCUT2D eigenvalue weighted by molar-refractivity contribution is 7.98. The smallest absolute Gasteiger partial charge is 0.269 e. The number of nitro groups is 1. The van der Waals surface area contributed by atoms with Crippen molar-refractivity contribution in [3.05, 3.63) is 34.4 Å². The second kappa shape index (κ2) is 10.4. The number of thioether (sulfide) groups is 1. The molecule has 0 radical (unpaired) electrons. The summed E-state index contributed by atoms with van der Waals surface area (Å²) in [6, 6.07) is 7.19. The number of hydrogen-bond acceptors (Lipinski definition) is 6. The zero-order valence-electron chi connectivity index (χ0n) is 12.9. The highest BCUT2D eigenvalue weighted by Crippen LogP contribution is 2.15. The summed E-state index contributed by atoms with van der Waals surface area (Å²) >= 11 is 6.65. The summed E-state index contributed by atoms with van der Waals surface area (Å²) in [5, 5.41) is 27.8. The van der Waals surface area contributed by atoms with Gasteiger partial charge in [-0.25, -0.2) is 0 Å². The molecule has 0 aromatic heterocycles. The normalized spacial score (nSPS) is 11.0. The number of amides is 1. The Morgan fingerprint density at radius 2 is 2.12 bits per heavy atom. The van der Waals surface area contributed by atoms with Crippen LogP contribution >= 0.6 is 24.0 Å². The lowest BCUT2D eigenvalue weighted by Crippen LogP contribution is -2.49. The quantitative estimate of drug-likeness (QED) is 0.274. The lowest BCUT2D eigenvalue weighted by molar-refractivity contribution is -0.384. The number of non-ortho nitro benzene ring substituents is 1. The zero-order valence-corrected chi connectivity index (χ0v) is 14.6. The van der Waals surface area contributed by atoms with E-state index >= 15 is 0 Å². The lowest BCUT2D eigenvalue weighted by Gasteiger charge is -2.19. The van der Waals surface area contributed by atoms with Crippen LogP contribution in [0.15, 0.2) is 24.3 Å². The number of hydrogen-bond donors (Lipinski definition) is 3. The van der Waals surface area contributed by atoms with Crippen molar-refractivity contribution in [2.24, 2.45) is 0 Å². The van der Waals surface area contributed by atoms with E-state index in [2.05, 4.69) is 16.0 Å². The van der Waals surface area contributed by atoms with Gasteiger partial charge >= 0.3 is 0 Å². The van der Waals surface area contributed by atoms with Crippen molar-refractivity contribution in [3.63, 3.8) is 0 Å². The molecule has 1 amide bonds. The van der Waals surface area contributed by atoms with Gasteiger partial charge in [0, 0.05) is 30.1 Å². The van der Waals surface area contributed by atoms with Gasteiger partial charge in [0.1, 0.15) is 6.04 Å². The van der Waals surface area contributed by atoms with Crippen molar-refractivity contribution in [2.45, 2.75) is 12.5 Å². The van der Waals surface area contributed by atoms with Crippen molar-refractivity contribution in [3.8, 4) is 6.07 Å². The van der Waals surface area contributed by atoms with Gasteiger partial charge in [0.2, 0.25) is 5.91 Å². The van der Waals surface area contributed by atoms with E-state index in [1.54, 1.807) is 0 Å². The molecule has 24 heavy (non-hydrogen) atoms. The minimum absolute atomic E-state index is 0.0171. The highest BCUT2D eigenvalue weighted by Gasteiger charge is 2.18. The fraction of sp³-hybridized carbons (Fsp3) is 0.357. The molecule has 0 heterocycles. The van der Waals surface area contributed by atoms with Crippen LogP contribution in [0.3, 0.4) is 0 Å². The minimum Gasteiger partial charge on any atom is -0.353 e. The van der Waals surface area contributed by atoms with Crippen LogP contribution in [-0.4, -0.2) is 40.5 Å². The maximum atomic E-state index is 12.1. The number of carbonyl (C=O) groups excluding carboxylic acids is 1. The Kier molecular flexibility index (Phi) is 8.53. The van der Waals surface area contributed by atoms with E-state index in [0.29, 0.717) is 11.4 Å². The van der Waals surface area contributed by atoms with Gasteiger partial charge in [0.15, 0.2) is 5.11 Å². The first-order valence-electron chi connectivity index (χ1n) is 6.93. The number of benzene rings is 1. The maximum absolute atomic E-state index is 12.1. The Hall–Kier alpha value is -2.38. The third-order valence-electron chi connectivity index (χ3n) is 2.83. The van der Waals surface area contributed by atoms with E-state index in [1.807, 2.05) is 12.3 Å². The summed E-state index contributed by atoms with van der Waals surface area (Å²) in [7, 11) is 0. The molecule has 0 aliphatic heterocycles. The number of rotatable bonds is 8. The third kappa shape index (κ3) is 6.80. The van der Waals surface area contributed by atoms with Crippen LogP contribution in [-0.2, 0) is 4.79 Å². The predicted molar refractivity (Wildman–Crippen MR) is 97.9 cm³/mol. The van der Waals surface area contributed by atoms with Crippen LogP contribution in [0.1, 0.15) is 6.42 Å². The zero-order chi connectivity index (χ0) is 17.9. The molecule has 1 atom stereocenters. The molecular weight excluding hydrogens is 350 g/mol. The molecule has 0 saturated heterocycles. The standard InChI is InChI=1S/C14H17N5O3S2/c1-24-9-12(13(20)16-8-2-7-15)18-14(23)17-10-3-5-11(6-4-10)19(21)22/h3-6,12H,2,8-9H2,1H3,(H,16,20)(H2,17,18,23). The van der Waals surface area contributed by atoms with E-state index in [9.17, 15) is 14.9 Å². The summed E-state index contributed by atoms with van der Waals surface area (Å²) in [5.41, 5.74) is 0.558. The van der Waals surface area contributed by atoms with E-state index in [0.717, 1.165) is 0 Å². The van der Waals surface area contributed by atoms with E-state index in [-0.39, 0.29) is 29.7 Å². The van der Waals surface area contributed by atoms with Crippen LogP contribution in [0.25, 0.3) is 0 Å². The number of nitro benzene ring substituents is 1. The summed E-state index contributed by atoms with van der Waals surface area (Å²) in [4.78, 5) is 22.2. The Bertz CT molecular complexity index is 630. The van der Waals surface area contributed by atoms with Gasteiger partial charge in [0.05, 0.1) is 17.4 Å². The maximum Gasteiger partial charge on any atom is 0.269 e. The molecule has 1 unspecified atom stereocenters. The van der Waals surface area contributed by atoms with Gasteiger partial charge in [-0.05, 0) is 30.6 Å². The molecule has 10 heteroatoms. The summed E-state index contributed by atoms with van der Waals surface area (Å²) in [6.07, 6.45) is 2.10. The molecule has 8 nitrogen and oxygen atoms in total. The van der Waals surface area contributed by atoms with Gasteiger partial charge in [-0.2, -0.15) is 17.0 Å². The summed E-state index contributed by atoms with van der Waals surface area (Å²) in [5.74, 6) is 0.257. The Morgan fingerprint density at radius 1 is 1.46 bits per heavy atom. The number of nitriles is 1. The molecule has 1 rings (SSSR count). The first-order chi connectivity index (χ1) is 11.5. The molecule has 128 valence electrons. The van der Waals surface area contributed by atoms with Crippen LogP contribution in [0, 0.1) is 21.4 Å². The van der Waals surface area contributed by atoms with Gasteiger partial charge in [-0.15, -0.1) is 0 Å². The average Bonchev–Trinajstić information content (AvgIpc) is 2.55. The second-order valence-corrected chi connectivity index (χ2v) is 5.93. The van der Waals surface area contributed by atoms with Gasteiger partial charge < -0.3 is 16.0 Å². The van der Waals surface area contributed by atoms with Crippen molar-refractivity contribution < 1.29 is 9.72 Å². The molecule has 1 aromatic rings. The van der Waals surface area contributed by atoms with E-state index in [4.69, 9.17) is 17.5 Å². The topological polar surface area (TPSA) is 120 Å². The molecule has 1 aromatic carbocycles. The first kappa shape index (κ1) is 19.7. The van der Waals surface area contributed by atoms with Crippen molar-refractivity contribution in [1.82, 2.24) is 10.6 Å². The second-order valence-electron chi connectivity index (χ2n) is 4.61. The van der Waals surface area contributed by atoms with Crippen LogP contribution in [0.2, 0.25) is 0 Å². The molecule has 0 bridgehead atoms.